The van der Waals surface area contributed by atoms with Crippen LogP contribution in [0.5, 0.6) is 0 Å². The van der Waals surface area contributed by atoms with Gasteiger partial charge in [-0.05, 0) is 73.9 Å². The minimum Gasteiger partial charge on any atom is -0.468 e. The Balaban J connectivity index is 1.35. The van der Waals surface area contributed by atoms with Crippen LogP contribution in [0.15, 0.2) is 47.1 Å². The third-order valence-electron chi connectivity index (χ3n) is 6.99. The summed E-state index contributed by atoms with van der Waals surface area (Å²) in [5.74, 6) is 1.48. The van der Waals surface area contributed by atoms with E-state index in [4.69, 9.17) is 4.42 Å². The van der Waals surface area contributed by atoms with Crippen LogP contribution in [0, 0.1) is 0 Å². The van der Waals surface area contributed by atoms with Gasteiger partial charge in [-0.25, -0.2) is 0 Å². The van der Waals surface area contributed by atoms with Gasteiger partial charge in [-0.1, -0.05) is 24.3 Å². The van der Waals surface area contributed by atoms with Gasteiger partial charge in [0.05, 0.1) is 18.7 Å². The van der Waals surface area contributed by atoms with Crippen molar-refractivity contribution in [2.45, 2.75) is 50.0 Å². The number of carbonyl (C=O) groups is 1. The number of fused-ring (bicyclic) bond motifs is 2. The number of hydrogen-bond donors (Lipinski definition) is 0. The smallest absolute Gasteiger partial charge is 0.230 e. The van der Waals surface area contributed by atoms with Crippen molar-refractivity contribution in [1.82, 2.24) is 9.80 Å². The van der Waals surface area contributed by atoms with Gasteiger partial charge in [0.2, 0.25) is 5.91 Å². The highest BCUT2D eigenvalue weighted by molar-refractivity contribution is 5.86. The second-order valence-electron chi connectivity index (χ2n) is 8.51. The Morgan fingerprint density at radius 2 is 1.81 bits per heavy atom. The Morgan fingerprint density at radius 3 is 2.56 bits per heavy atom. The summed E-state index contributed by atoms with van der Waals surface area (Å²) in [6.45, 7) is 4.92. The molecule has 3 aliphatic rings. The zero-order valence-electron chi connectivity index (χ0n) is 15.9. The van der Waals surface area contributed by atoms with E-state index in [-0.39, 0.29) is 11.3 Å². The fourth-order valence-electron chi connectivity index (χ4n) is 5.51. The van der Waals surface area contributed by atoms with E-state index >= 15 is 0 Å². The minimum atomic E-state index is 0.0657. The highest BCUT2D eigenvalue weighted by Gasteiger charge is 2.48. The van der Waals surface area contributed by atoms with Crippen molar-refractivity contribution in [3.05, 3.63) is 59.5 Å². The SMILES string of the molecule is O=C([C@@H]1CC2(CCN(Cc3ccco3)CC2)c2ccccc21)N1CCCC1. The Hall–Kier alpha value is -2.07. The molecule has 4 heteroatoms. The summed E-state index contributed by atoms with van der Waals surface area (Å²) in [7, 11) is 0. The van der Waals surface area contributed by atoms with Crippen LogP contribution in [0.1, 0.15) is 54.9 Å². The van der Waals surface area contributed by atoms with Crippen LogP contribution in [0.3, 0.4) is 0 Å². The molecule has 3 heterocycles. The Bertz CT molecular complexity index is 800. The number of nitrogens with zero attached hydrogens (tertiary/aromatic N) is 2. The zero-order chi connectivity index (χ0) is 18.3. The Morgan fingerprint density at radius 1 is 1.04 bits per heavy atom. The molecular formula is C23H28N2O2. The lowest BCUT2D eigenvalue weighted by Gasteiger charge is -2.40. The van der Waals surface area contributed by atoms with Crippen molar-refractivity contribution in [2.24, 2.45) is 0 Å². The quantitative estimate of drug-likeness (QED) is 0.828. The number of carbonyl (C=O) groups excluding carboxylic acids is 1. The third kappa shape index (κ3) is 3.00. The van der Waals surface area contributed by atoms with Gasteiger partial charge in [-0.3, -0.25) is 9.69 Å². The van der Waals surface area contributed by atoms with Gasteiger partial charge >= 0.3 is 0 Å². The molecule has 2 fully saturated rings. The number of furan rings is 1. The monoisotopic (exact) mass is 364 g/mol. The van der Waals surface area contributed by atoms with Crippen LogP contribution >= 0.6 is 0 Å². The summed E-state index contributed by atoms with van der Waals surface area (Å²) in [5, 5.41) is 0. The summed E-state index contributed by atoms with van der Waals surface area (Å²) < 4.78 is 5.52. The Labute approximate surface area is 161 Å². The molecule has 1 amide bonds. The summed E-state index contributed by atoms with van der Waals surface area (Å²) >= 11 is 0. The van der Waals surface area contributed by atoms with Crippen LogP contribution in [0.25, 0.3) is 0 Å². The number of hydrogen-bond acceptors (Lipinski definition) is 3. The summed E-state index contributed by atoms with van der Waals surface area (Å²) in [6.07, 6.45) is 7.34. The van der Waals surface area contributed by atoms with Gasteiger partial charge < -0.3 is 9.32 Å². The van der Waals surface area contributed by atoms with Crippen molar-refractivity contribution in [3.63, 3.8) is 0 Å². The zero-order valence-corrected chi connectivity index (χ0v) is 15.9. The second kappa shape index (κ2) is 6.83. The van der Waals surface area contributed by atoms with Gasteiger partial charge in [0, 0.05) is 13.1 Å². The maximum absolute atomic E-state index is 13.2. The molecule has 1 spiro atoms. The predicted octanol–water partition coefficient (Wildman–Crippen LogP) is 3.92. The van der Waals surface area contributed by atoms with Gasteiger partial charge in [0.1, 0.15) is 5.76 Å². The molecule has 2 aliphatic heterocycles. The van der Waals surface area contributed by atoms with Crippen LogP contribution < -0.4 is 0 Å². The molecule has 4 nitrogen and oxygen atoms in total. The molecule has 2 saturated heterocycles. The lowest BCUT2D eigenvalue weighted by Crippen LogP contribution is -2.41. The van der Waals surface area contributed by atoms with Gasteiger partial charge in [0.15, 0.2) is 0 Å². The first-order valence-corrected chi connectivity index (χ1v) is 10.4. The van der Waals surface area contributed by atoms with E-state index < -0.39 is 0 Å². The molecule has 0 saturated carbocycles. The fraction of sp³-hybridized carbons (Fsp3) is 0.522. The maximum atomic E-state index is 13.2. The largest absolute Gasteiger partial charge is 0.468 e. The average molecular weight is 364 g/mol. The van der Waals surface area contributed by atoms with Crippen LogP contribution in [-0.4, -0.2) is 41.9 Å². The first kappa shape index (κ1) is 17.1. The van der Waals surface area contributed by atoms with E-state index in [0.717, 1.165) is 70.6 Å². The van der Waals surface area contributed by atoms with Gasteiger partial charge in [0.25, 0.3) is 0 Å². The summed E-state index contributed by atoms with van der Waals surface area (Å²) in [6, 6.07) is 12.8. The van der Waals surface area contributed by atoms with Crippen LogP contribution in [0.2, 0.25) is 0 Å². The predicted molar refractivity (Wildman–Crippen MR) is 105 cm³/mol. The number of benzene rings is 1. The molecule has 5 rings (SSSR count). The van der Waals surface area contributed by atoms with E-state index in [2.05, 4.69) is 40.1 Å². The molecule has 0 N–H and O–H groups in total. The lowest BCUT2D eigenvalue weighted by molar-refractivity contribution is -0.132. The van der Waals surface area contributed by atoms with Crippen LogP contribution in [-0.2, 0) is 16.8 Å². The third-order valence-corrected chi connectivity index (χ3v) is 6.99. The van der Waals surface area contributed by atoms with Gasteiger partial charge in [-0.2, -0.15) is 0 Å². The van der Waals surface area contributed by atoms with Crippen LogP contribution in [0.4, 0.5) is 0 Å². The Kier molecular flexibility index (Phi) is 4.31. The maximum Gasteiger partial charge on any atom is 0.230 e. The number of rotatable bonds is 3. The molecule has 0 unspecified atom stereocenters. The average Bonchev–Trinajstić information content (AvgIpc) is 3.45. The molecule has 1 aliphatic carbocycles. The van der Waals surface area contributed by atoms with Crippen molar-refractivity contribution in [3.8, 4) is 0 Å². The molecule has 2 aromatic rings. The van der Waals surface area contributed by atoms with E-state index in [9.17, 15) is 4.79 Å². The number of piperidine rings is 1. The summed E-state index contributed by atoms with van der Waals surface area (Å²) in [4.78, 5) is 17.8. The molecule has 27 heavy (non-hydrogen) atoms. The normalized spacial score (nSPS) is 24.4. The van der Waals surface area contributed by atoms with E-state index in [1.807, 2.05) is 6.07 Å². The lowest BCUT2D eigenvalue weighted by atomic mass is 9.73. The standard InChI is InChI=1S/C23H28N2O2/c26-22(25-11-3-4-12-25)20-16-23(21-8-2-1-7-19(20)21)9-13-24(14-10-23)17-18-6-5-15-27-18/h1-2,5-8,15,20H,3-4,9-14,16-17H2/t20-/m1/s1. The molecule has 1 aromatic heterocycles. The molecule has 1 atom stereocenters. The van der Waals surface area contributed by atoms with Crippen molar-refractivity contribution in [2.75, 3.05) is 26.2 Å². The topological polar surface area (TPSA) is 36.7 Å². The molecule has 0 radical (unpaired) electrons. The first-order valence-electron chi connectivity index (χ1n) is 10.4. The van der Waals surface area contributed by atoms with E-state index in [1.165, 1.54) is 11.1 Å². The van der Waals surface area contributed by atoms with Crippen molar-refractivity contribution >= 4 is 5.91 Å². The first-order chi connectivity index (χ1) is 13.3. The molecule has 142 valence electrons. The molecule has 1 aromatic carbocycles. The second-order valence-corrected chi connectivity index (χ2v) is 8.51. The summed E-state index contributed by atoms with van der Waals surface area (Å²) in [5.41, 5.74) is 2.92. The highest BCUT2D eigenvalue weighted by Crippen LogP contribution is 2.52. The number of likely N-dealkylation sites (tertiary alicyclic amines) is 2. The highest BCUT2D eigenvalue weighted by atomic mass is 16.3. The van der Waals surface area contributed by atoms with E-state index in [0.29, 0.717) is 5.91 Å². The van der Waals surface area contributed by atoms with Crippen molar-refractivity contribution < 1.29 is 9.21 Å². The van der Waals surface area contributed by atoms with Crippen molar-refractivity contribution in [1.29, 1.82) is 0 Å². The molecule has 0 bridgehead atoms. The molecular weight excluding hydrogens is 336 g/mol. The number of amides is 1. The van der Waals surface area contributed by atoms with E-state index in [1.54, 1.807) is 6.26 Å². The fourth-order valence-corrected chi connectivity index (χ4v) is 5.51. The minimum absolute atomic E-state index is 0.0657. The van der Waals surface area contributed by atoms with Gasteiger partial charge in [-0.15, -0.1) is 0 Å².